The van der Waals surface area contributed by atoms with Crippen LogP contribution in [-0.4, -0.2) is 24.7 Å². The minimum atomic E-state index is -0.341. The van der Waals surface area contributed by atoms with Crippen LogP contribution in [-0.2, 0) is 0 Å². The van der Waals surface area contributed by atoms with Gasteiger partial charge in [-0.05, 0) is 30.3 Å². The molecule has 0 spiro atoms. The zero-order valence-corrected chi connectivity index (χ0v) is 11.6. The maximum absolute atomic E-state index is 12.9. The molecule has 1 heterocycles. The number of benzene rings is 1. The van der Waals surface area contributed by atoms with Gasteiger partial charge < -0.3 is 10.0 Å². The first-order valence-corrected chi connectivity index (χ1v) is 6.71. The molecule has 0 saturated carbocycles. The van der Waals surface area contributed by atoms with E-state index in [9.17, 15) is 9.18 Å². The first kappa shape index (κ1) is 14.3. The highest BCUT2D eigenvalue weighted by Gasteiger charge is 2.14. The van der Waals surface area contributed by atoms with Gasteiger partial charge in [-0.3, -0.25) is 4.79 Å². The minimum Gasteiger partial charge on any atom is -0.384 e. The van der Waals surface area contributed by atoms with Crippen LogP contribution in [0.2, 0.25) is 0 Å². The minimum absolute atomic E-state index is 0.190. The summed E-state index contributed by atoms with van der Waals surface area (Å²) < 4.78 is 12.9. The fourth-order valence-electron chi connectivity index (χ4n) is 1.62. The van der Waals surface area contributed by atoms with Gasteiger partial charge in [0.15, 0.2) is 0 Å². The van der Waals surface area contributed by atoms with Crippen LogP contribution < -0.4 is 4.90 Å². The van der Waals surface area contributed by atoms with Gasteiger partial charge in [0.2, 0.25) is 0 Å². The third kappa shape index (κ3) is 3.23. The topological polar surface area (TPSA) is 40.5 Å². The number of halogens is 1. The Morgan fingerprint density at radius 3 is 2.75 bits per heavy atom. The van der Waals surface area contributed by atoms with Crippen molar-refractivity contribution in [2.24, 2.45) is 0 Å². The molecule has 2 rings (SSSR count). The van der Waals surface area contributed by atoms with Crippen molar-refractivity contribution in [3.05, 3.63) is 52.0 Å². The molecule has 0 radical (unpaired) electrons. The SMILES string of the molecule is CN(C(=O)c1csc(C#CCO)c1)c1ccc(F)cc1. The molecular formula is C15H12FNO2S. The number of aliphatic hydroxyl groups excluding tert-OH is 1. The summed E-state index contributed by atoms with van der Waals surface area (Å²) in [6, 6.07) is 7.39. The predicted octanol–water partition coefficient (Wildman–Crippen LogP) is 2.51. The monoisotopic (exact) mass is 289 g/mol. The number of carbonyl (C=O) groups excluding carboxylic acids is 1. The van der Waals surface area contributed by atoms with Gasteiger partial charge in [0, 0.05) is 18.1 Å². The number of rotatable bonds is 2. The van der Waals surface area contributed by atoms with Crippen LogP contribution in [0.3, 0.4) is 0 Å². The molecule has 102 valence electrons. The molecule has 1 aromatic carbocycles. The number of aliphatic hydroxyl groups is 1. The van der Waals surface area contributed by atoms with Crippen molar-refractivity contribution in [1.29, 1.82) is 0 Å². The van der Waals surface area contributed by atoms with E-state index >= 15 is 0 Å². The number of anilines is 1. The lowest BCUT2D eigenvalue weighted by Gasteiger charge is -2.16. The molecule has 0 aliphatic heterocycles. The summed E-state index contributed by atoms with van der Waals surface area (Å²) >= 11 is 1.34. The number of carbonyl (C=O) groups is 1. The molecule has 0 fully saturated rings. The number of hydrogen-bond acceptors (Lipinski definition) is 3. The van der Waals surface area contributed by atoms with E-state index < -0.39 is 0 Å². The average molecular weight is 289 g/mol. The quantitative estimate of drug-likeness (QED) is 0.863. The van der Waals surface area contributed by atoms with Gasteiger partial charge in [0.25, 0.3) is 5.91 Å². The highest BCUT2D eigenvalue weighted by Crippen LogP contribution is 2.19. The van der Waals surface area contributed by atoms with Crippen molar-refractivity contribution >= 4 is 22.9 Å². The van der Waals surface area contributed by atoms with Gasteiger partial charge in [-0.2, -0.15) is 0 Å². The van der Waals surface area contributed by atoms with Crippen molar-refractivity contribution in [2.45, 2.75) is 0 Å². The number of thiophene rings is 1. The number of nitrogens with zero attached hydrogens (tertiary/aromatic N) is 1. The molecule has 1 amide bonds. The van der Waals surface area contributed by atoms with E-state index in [1.54, 1.807) is 30.6 Å². The molecule has 1 aromatic heterocycles. The Morgan fingerprint density at radius 1 is 1.40 bits per heavy atom. The van der Waals surface area contributed by atoms with Gasteiger partial charge in [-0.15, -0.1) is 11.3 Å². The van der Waals surface area contributed by atoms with Crippen LogP contribution >= 0.6 is 11.3 Å². The van der Waals surface area contributed by atoms with Crippen molar-refractivity contribution in [3.8, 4) is 11.8 Å². The van der Waals surface area contributed by atoms with Crippen LogP contribution in [0.15, 0.2) is 35.7 Å². The molecule has 0 bridgehead atoms. The zero-order valence-electron chi connectivity index (χ0n) is 10.8. The fourth-order valence-corrected chi connectivity index (χ4v) is 2.37. The van der Waals surface area contributed by atoms with E-state index in [0.717, 1.165) is 4.88 Å². The van der Waals surface area contributed by atoms with Gasteiger partial charge >= 0.3 is 0 Å². The molecule has 5 heteroatoms. The van der Waals surface area contributed by atoms with E-state index in [2.05, 4.69) is 11.8 Å². The molecule has 1 N–H and O–H groups in total. The van der Waals surface area contributed by atoms with Crippen molar-refractivity contribution < 1.29 is 14.3 Å². The van der Waals surface area contributed by atoms with E-state index in [1.165, 1.54) is 28.4 Å². The molecular weight excluding hydrogens is 277 g/mol. The van der Waals surface area contributed by atoms with Crippen LogP contribution in [0.4, 0.5) is 10.1 Å². The Balaban J connectivity index is 2.18. The van der Waals surface area contributed by atoms with Crippen LogP contribution in [0, 0.1) is 17.7 Å². The maximum Gasteiger partial charge on any atom is 0.258 e. The standard InChI is InChI=1S/C15H12FNO2S/c1-17(13-6-4-12(16)5-7-13)15(19)11-9-14(20-10-11)3-2-8-18/h4-7,9-10,18H,8H2,1H3. The molecule has 0 aliphatic rings. The van der Waals surface area contributed by atoms with Crippen molar-refractivity contribution in [2.75, 3.05) is 18.6 Å². The summed E-state index contributed by atoms with van der Waals surface area (Å²) in [7, 11) is 1.63. The molecule has 3 nitrogen and oxygen atoms in total. The Kier molecular flexibility index (Phi) is 4.51. The Labute approximate surface area is 120 Å². The molecule has 0 unspecified atom stereocenters. The fraction of sp³-hybridized carbons (Fsp3) is 0.133. The van der Waals surface area contributed by atoms with Crippen LogP contribution in [0.5, 0.6) is 0 Å². The maximum atomic E-state index is 12.9. The summed E-state index contributed by atoms with van der Waals surface area (Å²) in [5, 5.41) is 10.3. The Hall–Kier alpha value is -2.16. The normalized spacial score (nSPS) is 9.75. The highest BCUT2D eigenvalue weighted by molar-refractivity contribution is 7.10. The van der Waals surface area contributed by atoms with E-state index in [1.807, 2.05) is 0 Å². The third-order valence-corrected chi connectivity index (χ3v) is 3.50. The largest absolute Gasteiger partial charge is 0.384 e. The van der Waals surface area contributed by atoms with E-state index in [0.29, 0.717) is 11.3 Å². The molecule has 2 aromatic rings. The summed E-state index contributed by atoms with van der Waals surface area (Å²) in [6.45, 7) is -0.212. The Morgan fingerprint density at radius 2 is 2.10 bits per heavy atom. The van der Waals surface area contributed by atoms with Crippen LogP contribution in [0.1, 0.15) is 15.2 Å². The van der Waals surface area contributed by atoms with Gasteiger partial charge in [0.05, 0.1) is 10.4 Å². The van der Waals surface area contributed by atoms with Gasteiger partial charge in [-0.1, -0.05) is 11.8 Å². The second-order valence-electron chi connectivity index (χ2n) is 4.00. The Bertz CT molecular complexity index is 667. The van der Waals surface area contributed by atoms with Crippen molar-refractivity contribution in [3.63, 3.8) is 0 Å². The molecule has 0 atom stereocenters. The number of hydrogen-bond donors (Lipinski definition) is 1. The molecule has 0 saturated heterocycles. The predicted molar refractivity (Wildman–Crippen MR) is 77.4 cm³/mol. The lowest BCUT2D eigenvalue weighted by molar-refractivity contribution is 0.0993. The van der Waals surface area contributed by atoms with Gasteiger partial charge in [0.1, 0.15) is 12.4 Å². The summed E-state index contributed by atoms with van der Waals surface area (Å²) in [6.07, 6.45) is 0. The van der Waals surface area contributed by atoms with Crippen molar-refractivity contribution in [1.82, 2.24) is 0 Å². The lowest BCUT2D eigenvalue weighted by Crippen LogP contribution is -2.25. The van der Waals surface area contributed by atoms with E-state index in [-0.39, 0.29) is 18.3 Å². The molecule has 20 heavy (non-hydrogen) atoms. The number of amides is 1. The molecule has 0 aliphatic carbocycles. The highest BCUT2D eigenvalue weighted by atomic mass is 32.1. The van der Waals surface area contributed by atoms with Crippen LogP contribution in [0.25, 0.3) is 0 Å². The smallest absolute Gasteiger partial charge is 0.258 e. The summed E-state index contributed by atoms with van der Waals surface area (Å²) in [5.41, 5.74) is 1.13. The van der Waals surface area contributed by atoms with Gasteiger partial charge in [-0.25, -0.2) is 4.39 Å². The van der Waals surface area contributed by atoms with E-state index in [4.69, 9.17) is 5.11 Å². The summed E-state index contributed by atoms with van der Waals surface area (Å²) in [4.78, 5) is 14.4. The summed E-state index contributed by atoms with van der Waals surface area (Å²) in [5.74, 6) is 4.76. The first-order valence-electron chi connectivity index (χ1n) is 5.83. The average Bonchev–Trinajstić information content (AvgIpc) is 2.93. The first-order chi connectivity index (χ1) is 9.61. The second kappa shape index (κ2) is 6.33. The second-order valence-corrected chi connectivity index (χ2v) is 4.91. The zero-order chi connectivity index (χ0) is 14.5. The third-order valence-electron chi connectivity index (χ3n) is 2.66. The lowest BCUT2D eigenvalue weighted by atomic mass is 10.2.